The van der Waals surface area contributed by atoms with Crippen LogP contribution in [-0.4, -0.2) is 25.7 Å². The minimum Gasteiger partial charge on any atom is -0.290 e. The van der Waals surface area contributed by atoms with E-state index in [2.05, 4.69) is 9.39 Å². The predicted molar refractivity (Wildman–Crippen MR) is 95.9 cm³/mol. The van der Waals surface area contributed by atoms with Gasteiger partial charge < -0.3 is 0 Å². The van der Waals surface area contributed by atoms with E-state index < -0.39 is 10.0 Å². The van der Waals surface area contributed by atoms with Crippen LogP contribution in [0.3, 0.4) is 0 Å². The molecule has 6 heteroatoms. The van der Waals surface area contributed by atoms with Crippen molar-refractivity contribution in [1.29, 1.82) is 0 Å². The summed E-state index contributed by atoms with van der Waals surface area (Å²) in [5.74, 6) is 0.153. The molecule has 1 aliphatic carbocycles. The fourth-order valence-corrected chi connectivity index (χ4v) is 3.27. The summed E-state index contributed by atoms with van der Waals surface area (Å²) >= 11 is 0. The van der Waals surface area contributed by atoms with Crippen LogP contribution in [0.1, 0.15) is 27.7 Å². The van der Waals surface area contributed by atoms with Crippen LogP contribution in [0.5, 0.6) is 0 Å². The number of hydrogen-bond donors (Lipinski definition) is 0. The second-order valence-electron chi connectivity index (χ2n) is 5.87. The van der Waals surface area contributed by atoms with E-state index in [1.165, 1.54) is 25.1 Å². The number of sulfonamides is 1. The Morgan fingerprint density at radius 1 is 1.08 bits per heavy atom. The standard InChI is InChI=1S/C18H20N2O3S/c1-12(2)16-11-17(13(3)10-18(16)21)19-14(4)20-24(22,23)15-8-6-5-7-9-15/h5-12H,1-4H3. The molecule has 0 N–H and O–H groups in total. The number of rotatable bonds is 3. The smallest absolute Gasteiger partial charge is 0.283 e. The lowest BCUT2D eigenvalue weighted by molar-refractivity contribution is -0.111. The van der Waals surface area contributed by atoms with Gasteiger partial charge in [-0.25, -0.2) is 4.99 Å². The van der Waals surface area contributed by atoms with Crippen LogP contribution in [0.15, 0.2) is 67.9 Å². The molecule has 0 radical (unpaired) electrons. The molecule has 0 saturated carbocycles. The van der Waals surface area contributed by atoms with Gasteiger partial charge in [0.15, 0.2) is 5.78 Å². The Bertz CT molecular complexity index is 874. The Kier molecular flexibility index (Phi) is 5.29. The number of amidine groups is 1. The first kappa shape index (κ1) is 18.0. The molecule has 5 nitrogen and oxygen atoms in total. The lowest BCUT2D eigenvalue weighted by Crippen LogP contribution is -2.16. The molecule has 1 aromatic rings. The first-order chi connectivity index (χ1) is 11.2. The van der Waals surface area contributed by atoms with E-state index in [1.54, 1.807) is 31.2 Å². The number of hydrogen-bond acceptors (Lipinski definition) is 3. The van der Waals surface area contributed by atoms with Crippen LogP contribution in [0, 0.1) is 5.92 Å². The third-order valence-corrected chi connectivity index (χ3v) is 4.90. The minimum atomic E-state index is -3.79. The van der Waals surface area contributed by atoms with Crippen LogP contribution in [0.2, 0.25) is 0 Å². The molecule has 0 heterocycles. The van der Waals surface area contributed by atoms with Crippen LogP contribution in [-0.2, 0) is 14.8 Å². The number of ketones is 1. The summed E-state index contributed by atoms with van der Waals surface area (Å²) < 4.78 is 28.3. The van der Waals surface area contributed by atoms with E-state index >= 15 is 0 Å². The Balaban J connectivity index is 2.40. The summed E-state index contributed by atoms with van der Waals surface area (Å²) in [6, 6.07) is 7.99. The molecule has 0 aliphatic heterocycles. The van der Waals surface area contributed by atoms with Gasteiger partial charge in [0, 0.05) is 5.57 Å². The molecule has 2 rings (SSSR count). The highest BCUT2D eigenvalue weighted by Crippen LogP contribution is 2.19. The first-order valence-electron chi connectivity index (χ1n) is 7.60. The zero-order chi connectivity index (χ0) is 17.9. The summed E-state index contributed by atoms with van der Waals surface area (Å²) in [5.41, 5.74) is 1.90. The number of benzene rings is 1. The molecule has 1 aliphatic rings. The quantitative estimate of drug-likeness (QED) is 0.479. The lowest BCUT2D eigenvalue weighted by Gasteiger charge is -2.15. The average Bonchev–Trinajstić information content (AvgIpc) is 2.50. The van der Waals surface area contributed by atoms with Crippen molar-refractivity contribution in [3.8, 4) is 0 Å². The molecular weight excluding hydrogens is 324 g/mol. The second kappa shape index (κ2) is 7.05. The van der Waals surface area contributed by atoms with Crippen LogP contribution in [0.4, 0.5) is 0 Å². The van der Waals surface area contributed by atoms with E-state index in [1.807, 2.05) is 13.8 Å². The molecule has 0 saturated heterocycles. The first-order valence-corrected chi connectivity index (χ1v) is 9.04. The Morgan fingerprint density at radius 2 is 1.71 bits per heavy atom. The van der Waals surface area contributed by atoms with Gasteiger partial charge in [0.25, 0.3) is 10.0 Å². The van der Waals surface area contributed by atoms with Gasteiger partial charge in [-0.05, 0) is 49.6 Å². The van der Waals surface area contributed by atoms with Crippen LogP contribution >= 0.6 is 0 Å². The van der Waals surface area contributed by atoms with Gasteiger partial charge in [-0.3, -0.25) is 4.79 Å². The van der Waals surface area contributed by atoms with E-state index in [0.717, 1.165) is 0 Å². The fourth-order valence-electron chi connectivity index (χ4n) is 2.27. The molecule has 0 spiro atoms. The Labute approximate surface area is 142 Å². The summed E-state index contributed by atoms with van der Waals surface area (Å²) in [6.07, 6.45) is 3.23. The number of carbonyl (C=O) groups is 1. The van der Waals surface area contributed by atoms with Gasteiger partial charge in [-0.2, -0.15) is 8.42 Å². The summed E-state index contributed by atoms with van der Waals surface area (Å²) in [4.78, 5) is 16.4. The van der Waals surface area contributed by atoms with Gasteiger partial charge in [-0.1, -0.05) is 32.0 Å². The fraction of sp³-hybridized carbons (Fsp3) is 0.278. The molecule has 0 aromatic heterocycles. The van der Waals surface area contributed by atoms with Crippen LogP contribution < -0.4 is 0 Å². The third-order valence-electron chi connectivity index (χ3n) is 3.53. The second-order valence-corrected chi connectivity index (χ2v) is 7.47. The largest absolute Gasteiger partial charge is 0.290 e. The minimum absolute atomic E-state index is 0.0343. The van der Waals surface area contributed by atoms with E-state index in [-0.39, 0.29) is 22.4 Å². The van der Waals surface area contributed by atoms with Gasteiger partial charge >= 0.3 is 0 Å². The maximum atomic E-state index is 12.2. The SMILES string of the molecule is CC1=CC(=O)C(C(C)C)=CC1=NC(C)=NS(=O)(=O)c1ccccc1. The average molecular weight is 344 g/mol. The maximum absolute atomic E-state index is 12.2. The molecule has 1 aromatic carbocycles. The summed E-state index contributed by atoms with van der Waals surface area (Å²) in [6.45, 7) is 7.15. The van der Waals surface area contributed by atoms with Gasteiger partial charge in [-0.15, -0.1) is 4.40 Å². The van der Waals surface area contributed by atoms with Gasteiger partial charge in [0.2, 0.25) is 0 Å². The van der Waals surface area contributed by atoms with Crippen molar-refractivity contribution in [2.45, 2.75) is 32.6 Å². The number of allylic oxidation sites excluding steroid dienone is 4. The number of nitrogens with zero attached hydrogens (tertiary/aromatic N) is 2. The highest BCUT2D eigenvalue weighted by molar-refractivity contribution is 7.90. The molecule has 24 heavy (non-hydrogen) atoms. The Morgan fingerprint density at radius 3 is 2.29 bits per heavy atom. The highest BCUT2D eigenvalue weighted by Gasteiger charge is 2.19. The third kappa shape index (κ3) is 4.14. The topological polar surface area (TPSA) is 75.9 Å². The van der Waals surface area contributed by atoms with Gasteiger partial charge in [0.05, 0.1) is 10.6 Å². The zero-order valence-corrected chi connectivity index (χ0v) is 15.0. The summed E-state index contributed by atoms with van der Waals surface area (Å²) in [5, 5.41) is 0. The van der Waals surface area contributed by atoms with Crippen molar-refractivity contribution in [2.24, 2.45) is 15.3 Å². The van der Waals surface area contributed by atoms with Crippen molar-refractivity contribution in [3.63, 3.8) is 0 Å². The van der Waals surface area contributed by atoms with E-state index in [9.17, 15) is 13.2 Å². The molecule has 0 unspecified atom stereocenters. The van der Waals surface area contributed by atoms with Crippen molar-refractivity contribution >= 4 is 27.4 Å². The molecule has 0 bridgehead atoms. The van der Waals surface area contributed by atoms with Crippen molar-refractivity contribution in [1.82, 2.24) is 0 Å². The van der Waals surface area contributed by atoms with Gasteiger partial charge in [0.1, 0.15) is 5.84 Å². The maximum Gasteiger partial charge on any atom is 0.283 e. The number of aliphatic imine (C=N–C) groups is 1. The molecule has 0 fully saturated rings. The molecule has 0 amide bonds. The lowest BCUT2D eigenvalue weighted by atomic mass is 9.90. The van der Waals surface area contributed by atoms with Crippen LogP contribution in [0.25, 0.3) is 0 Å². The van der Waals surface area contributed by atoms with E-state index in [4.69, 9.17) is 0 Å². The van der Waals surface area contributed by atoms with Crippen molar-refractivity contribution in [2.75, 3.05) is 0 Å². The predicted octanol–water partition coefficient (Wildman–Crippen LogP) is 3.35. The van der Waals surface area contributed by atoms with Crippen molar-refractivity contribution in [3.05, 3.63) is 53.6 Å². The Hall–Kier alpha value is -2.34. The molecule has 0 atom stereocenters. The highest BCUT2D eigenvalue weighted by atomic mass is 32.2. The van der Waals surface area contributed by atoms with E-state index in [0.29, 0.717) is 16.9 Å². The monoisotopic (exact) mass is 344 g/mol. The molecule has 126 valence electrons. The summed E-state index contributed by atoms with van der Waals surface area (Å²) in [7, 11) is -3.79. The molecular formula is C18H20N2O3S. The number of carbonyl (C=O) groups excluding carboxylic acids is 1. The van der Waals surface area contributed by atoms with Crippen molar-refractivity contribution < 1.29 is 13.2 Å². The normalized spacial score (nSPS) is 18.0. The zero-order valence-electron chi connectivity index (χ0n) is 14.1.